The van der Waals surface area contributed by atoms with Crippen molar-refractivity contribution < 1.29 is 4.21 Å². The van der Waals surface area contributed by atoms with Gasteiger partial charge in [-0.15, -0.1) is 0 Å². The molecule has 2 heterocycles. The Labute approximate surface area is 114 Å². The molecule has 0 fully saturated rings. The topological polar surface area (TPSA) is 42.3 Å². The second-order valence-corrected chi connectivity index (χ2v) is 6.53. The zero-order valence-corrected chi connectivity index (χ0v) is 11.9. The largest absolute Gasteiger partial charge is 0.378 e. The molecular formula is C14H16N2O2S. The molecule has 1 aliphatic heterocycles. The smallest absolute Gasteiger partial charge is 0.259 e. The predicted molar refractivity (Wildman–Crippen MR) is 78.4 cm³/mol. The normalized spacial score (nSPS) is 18.3. The van der Waals surface area contributed by atoms with Crippen LogP contribution < -0.4 is 10.5 Å². The fourth-order valence-corrected chi connectivity index (χ4v) is 3.73. The van der Waals surface area contributed by atoms with Gasteiger partial charge in [-0.05, 0) is 30.0 Å². The van der Waals surface area contributed by atoms with Gasteiger partial charge in [0.2, 0.25) is 0 Å². The first-order valence-corrected chi connectivity index (χ1v) is 7.63. The van der Waals surface area contributed by atoms with Crippen molar-refractivity contribution in [2.75, 3.05) is 24.7 Å². The number of fused-ring (bicyclic) bond motifs is 2. The van der Waals surface area contributed by atoms with E-state index in [2.05, 4.69) is 0 Å². The highest BCUT2D eigenvalue weighted by atomic mass is 32.2. The predicted octanol–water partition coefficient (Wildman–Crippen LogP) is 1.58. The number of anilines is 1. The van der Waals surface area contributed by atoms with E-state index in [1.165, 1.54) is 0 Å². The summed E-state index contributed by atoms with van der Waals surface area (Å²) < 4.78 is 13.7. The van der Waals surface area contributed by atoms with Crippen LogP contribution in [0.15, 0.2) is 34.1 Å². The van der Waals surface area contributed by atoms with Crippen LogP contribution in [-0.2, 0) is 17.3 Å². The van der Waals surface area contributed by atoms with Crippen molar-refractivity contribution in [1.29, 1.82) is 0 Å². The summed E-state index contributed by atoms with van der Waals surface area (Å²) in [5.41, 5.74) is 0.978. The molecule has 3 rings (SSSR count). The van der Waals surface area contributed by atoms with Crippen molar-refractivity contribution in [2.45, 2.75) is 18.0 Å². The number of rotatable bonds is 1. The van der Waals surface area contributed by atoms with E-state index in [1.54, 1.807) is 4.57 Å². The maximum Gasteiger partial charge on any atom is 0.259 e. The number of aromatic nitrogens is 1. The van der Waals surface area contributed by atoms with Crippen LogP contribution in [0, 0.1) is 0 Å². The number of benzene rings is 1. The molecule has 4 nitrogen and oxygen atoms in total. The minimum absolute atomic E-state index is 0.0238. The van der Waals surface area contributed by atoms with Gasteiger partial charge in [0, 0.05) is 37.5 Å². The minimum atomic E-state index is -1.04. The molecule has 2 aromatic rings. The molecule has 0 saturated heterocycles. The van der Waals surface area contributed by atoms with E-state index in [1.807, 2.05) is 43.3 Å². The molecule has 5 heteroatoms. The molecule has 0 aliphatic carbocycles. The lowest BCUT2D eigenvalue weighted by atomic mass is 10.1. The minimum Gasteiger partial charge on any atom is -0.378 e. The molecule has 1 aromatic carbocycles. The van der Waals surface area contributed by atoms with Crippen LogP contribution in [0.2, 0.25) is 0 Å². The van der Waals surface area contributed by atoms with Gasteiger partial charge >= 0.3 is 0 Å². The maximum atomic E-state index is 12.5. The summed E-state index contributed by atoms with van der Waals surface area (Å²) in [7, 11) is 2.86. The fraction of sp³-hybridized carbons (Fsp3) is 0.357. The first-order valence-electron chi connectivity index (χ1n) is 6.31. The lowest BCUT2D eigenvalue weighted by Crippen LogP contribution is -2.29. The third kappa shape index (κ3) is 1.98. The summed E-state index contributed by atoms with van der Waals surface area (Å²) in [5.74, 6) is 0.654. The van der Waals surface area contributed by atoms with Crippen LogP contribution in [0.3, 0.4) is 0 Å². The molecule has 1 aromatic heterocycles. The third-order valence-electron chi connectivity index (χ3n) is 3.52. The first kappa shape index (κ1) is 12.4. The van der Waals surface area contributed by atoms with E-state index < -0.39 is 10.8 Å². The summed E-state index contributed by atoms with van der Waals surface area (Å²) in [5, 5.41) is 2.24. The summed E-state index contributed by atoms with van der Waals surface area (Å²) in [6, 6.07) is 7.71. The summed E-state index contributed by atoms with van der Waals surface area (Å²) >= 11 is 0. The molecule has 19 heavy (non-hydrogen) atoms. The third-order valence-corrected chi connectivity index (χ3v) is 4.98. The standard InChI is InChI=1S/C14H16N2O2S/c1-15(2)11-5-4-10-8-13-16(6-3-7-19(13)18)14(17)12(10)9-11/h4-5,8-9H,3,6-7H2,1-2H3. The number of hydrogen-bond acceptors (Lipinski definition) is 3. The Kier molecular flexibility index (Phi) is 2.93. The lowest BCUT2D eigenvalue weighted by Gasteiger charge is -2.19. The van der Waals surface area contributed by atoms with Gasteiger partial charge in [0.1, 0.15) is 5.03 Å². The highest BCUT2D eigenvalue weighted by Gasteiger charge is 2.18. The molecule has 0 saturated carbocycles. The van der Waals surface area contributed by atoms with Crippen LogP contribution in [0.4, 0.5) is 5.69 Å². The zero-order chi connectivity index (χ0) is 13.6. The molecule has 0 bridgehead atoms. The Morgan fingerprint density at radius 3 is 2.79 bits per heavy atom. The average molecular weight is 276 g/mol. The Bertz CT molecular complexity index is 734. The number of pyridine rings is 1. The summed E-state index contributed by atoms with van der Waals surface area (Å²) in [6.45, 7) is 0.669. The highest BCUT2D eigenvalue weighted by Crippen LogP contribution is 2.22. The molecule has 1 unspecified atom stereocenters. The molecular weight excluding hydrogens is 260 g/mol. The van der Waals surface area contributed by atoms with E-state index in [-0.39, 0.29) is 5.56 Å². The van der Waals surface area contributed by atoms with Crippen LogP contribution >= 0.6 is 0 Å². The van der Waals surface area contributed by atoms with Crippen LogP contribution in [0.1, 0.15) is 6.42 Å². The fourth-order valence-electron chi connectivity index (χ4n) is 2.45. The summed E-state index contributed by atoms with van der Waals surface area (Å²) in [4.78, 5) is 14.5. The number of nitrogens with zero attached hydrogens (tertiary/aromatic N) is 2. The van der Waals surface area contributed by atoms with Gasteiger partial charge in [-0.3, -0.25) is 9.00 Å². The van der Waals surface area contributed by atoms with Gasteiger partial charge in [0.15, 0.2) is 0 Å². The van der Waals surface area contributed by atoms with E-state index in [0.29, 0.717) is 22.7 Å². The maximum absolute atomic E-state index is 12.5. The summed E-state index contributed by atoms with van der Waals surface area (Å²) in [6.07, 6.45) is 0.804. The van der Waals surface area contributed by atoms with Crippen LogP contribution in [0.25, 0.3) is 10.8 Å². The Morgan fingerprint density at radius 1 is 1.26 bits per heavy atom. The van der Waals surface area contributed by atoms with Crippen LogP contribution in [-0.4, -0.2) is 28.6 Å². The molecule has 0 amide bonds. The van der Waals surface area contributed by atoms with Gasteiger partial charge in [0.05, 0.1) is 10.8 Å². The van der Waals surface area contributed by atoms with Crippen molar-refractivity contribution >= 4 is 27.3 Å². The van der Waals surface area contributed by atoms with Crippen LogP contribution in [0.5, 0.6) is 0 Å². The van der Waals surface area contributed by atoms with Crippen molar-refractivity contribution in [3.05, 3.63) is 34.6 Å². The Hall–Kier alpha value is -1.62. The molecule has 100 valence electrons. The van der Waals surface area contributed by atoms with E-state index in [0.717, 1.165) is 17.5 Å². The average Bonchev–Trinajstić information content (AvgIpc) is 2.40. The first-order chi connectivity index (χ1) is 9.08. The Balaban J connectivity index is 2.33. The molecule has 0 N–H and O–H groups in total. The van der Waals surface area contributed by atoms with E-state index >= 15 is 0 Å². The molecule has 0 radical (unpaired) electrons. The SMILES string of the molecule is CN(C)c1ccc2cc3n(c(=O)c2c1)CCCS3=O. The monoisotopic (exact) mass is 276 g/mol. The van der Waals surface area contributed by atoms with Gasteiger partial charge < -0.3 is 9.47 Å². The van der Waals surface area contributed by atoms with E-state index in [9.17, 15) is 9.00 Å². The van der Waals surface area contributed by atoms with E-state index in [4.69, 9.17) is 0 Å². The highest BCUT2D eigenvalue weighted by molar-refractivity contribution is 7.85. The van der Waals surface area contributed by atoms with Gasteiger partial charge in [-0.1, -0.05) is 6.07 Å². The van der Waals surface area contributed by atoms with Gasteiger partial charge in [-0.25, -0.2) is 0 Å². The van der Waals surface area contributed by atoms with Crippen molar-refractivity contribution in [1.82, 2.24) is 4.57 Å². The lowest BCUT2D eigenvalue weighted by molar-refractivity contribution is 0.571. The van der Waals surface area contributed by atoms with Crippen molar-refractivity contribution in [2.24, 2.45) is 0 Å². The second kappa shape index (κ2) is 4.49. The Morgan fingerprint density at radius 2 is 2.05 bits per heavy atom. The van der Waals surface area contributed by atoms with Gasteiger partial charge in [-0.2, -0.15) is 0 Å². The zero-order valence-electron chi connectivity index (χ0n) is 11.0. The quantitative estimate of drug-likeness (QED) is 0.794. The van der Waals surface area contributed by atoms with Crippen molar-refractivity contribution in [3.8, 4) is 0 Å². The number of hydrogen-bond donors (Lipinski definition) is 0. The second-order valence-electron chi connectivity index (χ2n) is 5.01. The molecule has 0 spiro atoms. The molecule has 1 atom stereocenters. The van der Waals surface area contributed by atoms with Crippen molar-refractivity contribution in [3.63, 3.8) is 0 Å². The molecule has 1 aliphatic rings. The van der Waals surface area contributed by atoms with Gasteiger partial charge in [0.25, 0.3) is 5.56 Å².